The molecular formula is C17H22N2O2. The monoisotopic (exact) mass is 286 g/mol. The van der Waals surface area contributed by atoms with Gasteiger partial charge in [0.15, 0.2) is 0 Å². The number of benzene rings is 1. The number of likely N-dealkylation sites (tertiary alicyclic amines) is 1. The van der Waals surface area contributed by atoms with E-state index in [0.29, 0.717) is 0 Å². The normalized spacial score (nSPS) is 14.9. The molecule has 0 saturated carbocycles. The van der Waals surface area contributed by atoms with Gasteiger partial charge >= 0.3 is 6.03 Å². The quantitative estimate of drug-likeness (QED) is 0.780. The van der Waals surface area contributed by atoms with E-state index in [1.165, 1.54) is 12.8 Å². The second-order valence-electron chi connectivity index (χ2n) is 5.32. The van der Waals surface area contributed by atoms with E-state index in [0.717, 1.165) is 42.7 Å². The summed E-state index contributed by atoms with van der Waals surface area (Å²) in [5.41, 5.74) is 2.59. The summed E-state index contributed by atoms with van der Waals surface area (Å²) >= 11 is 0. The maximum atomic E-state index is 12.3. The molecule has 2 amide bonds. The van der Waals surface area contributed by atoms with Crippen molar-refractivity contribution in [2.45, 2.75) is 32.6 Å². The molecule has 0 aliphatic carbocycles. The summed E-state index contributed by atoms with van der Waals surface area (Å²) in [5, 5.41) is 11.7. The Morgan fingerprint density at radius 1 is 1.29 bits per heavy atom. The molecule has 1 aromatic rings. The molecule has 1 saturated heterocycles. The lowest BCUT2D eigenvalue weighted by Gasteiger charge is -2.21. The van der Waals surface area contributed by atoms with Crippen molar-refractivity contribution in [3.8, 4) is 11.8 Å². The molecule has 1 fully saturated rings. The first kappa shape index (κ1) is 15.4. The maximum Gasteiger partial charge on any atom is 0.321 e. The molecule has 4 nitrogen and oxygen atoms in total. The van der Waals surface area contributed by atoms with Gasteiger partial charge in [-0.15, -0.1) is 0 Å². The van der Waals surface area contributed by atoms with Crippen LogP contribution in [-0.4, -0.2) is 35.7 Å². The molecular weight excluding hydrogens is 264 g/mol. The van der Waals surface area contributed by atoms with E-state index < -0.39 is 0 Å². The number of aliphatic hydroxyl groups is 1. The SMILES string of the molecule is Cc1ccc(C#CCO)cc1NC(=O)N1CCCCCC1. The van der Waals surface area contributed by atoms with Gasteiger partial charge in [-0.1, -0.05) is 30.7 Å². The lowest BCUT2D eigenvalue weighted by molar-refractivity contribution is 0.213. The fourth-order valence-corrected chi connectivity index (χ4v) is 2.44. The standard InChI is InChI=1S/C17H22N2O2/c1-14-8-9-15(7-6-12-20)13-16(14)18-17(21)19-10-4-2-3-5-11-19/h8-9,13,20H,2-5,10-12H2,1H3,(H,18,21). The van der Waals surface area contributed by atoms with E-state index in [1.54, 1.807) is 0 Å². The van der Waals surface area contributed by atoms with Crippen LogP contribution in [-0.2, 0) is 0 Å². The number of rotatable bonds is 1. The summed E-state index contributed by atoms with van der Waals surface area (Å²) in [6.07, 6.45) is 4.56. The van der Waals surface area contributed by atoms with Crippen molar-refractivity contribution in [3.63, 3.8) is 0 Å². The fraction of sp³-hybridized carbons (Fsp3) is 0.471. The largest absolute Gasteiger partial charge is 0.384 e. The molecule has 0 unspecified atom stereocenters. The van der Waals surface area contributed by atoms with E-state index in [4.69, 9.17) is 5.11 Å². The third-order valence-electron chi connectivity index (χ3n) is 3.68. The molecule has 0 atom stereocenters. The van der Waals surface area contributed by atoms with Crippen LogP contribution in [0.2, 0.25) is 0 Å². The van der Waals surface area contributed by atoms with E-state index in [9.17, 15) is 4.79 Å². The minimum atomic E-state index is -0.163. The second kappa shape index (κ2) is 7.70. The van der Waals surface area contributed by atoms with Gasteiger partial charge in [0.1, 0.15) is 6.61 Å². The van der Waals surface area contributed by atoms with Crippen LogP contribution < -0.4 is 5.32 Å². The Kier molecular flexibility index (Phi) is 5.65. The van der Waals surface area contributed by atoms with Crippen LogP contribution >= 0.6 is 0 Å². The number of aliphatic hydroxyl groups excluding tert-OH is 1. The number of hydrogen-bond donors (Lipinski definition) is 2. The van der Waals surface area contributed by atoms with Crippen LogP contribution in [0.3, 0.4) is 0 Å². The van der Waals surface area contributed by atoms with Gasteiger partial charge < -0.3 is 15.3 Å². The highest BCUT2D eigenvalue weighted by Gasteiger charge is 2.16. The number of aryl methyl sites for hydroxylation is 1. The van der Waals surface area contributed by atoms with Crippen LogP contribution in [0, 0.1) is 18.8 Å². The topological polar surface area (TPSA) is 52.6 Å². The molecule has 1 aliphatic rings. The Morgan fingerprint density at radius 3 is 2.67 bits per heavy atom. The summed E-state index contributed by atoms with van der Waals surface area (Å²) in [7, 11) is 0. The number of carbonyl (C=O) groups excluding carboxylic acids is 1. The number of carbonyl (C=O) groups is 1. The number of urea groups is 1. The van der Waals surface area contributed by atoms with Crippen molar-refractivity contribution in [1.29, 1.82) is 0 Å². The Hall–Kier alpha value is -1.99. The summed E-state index contributed by atoms with van der Waals surface area (Å²) in [4.78, 5) is 14.2. The van der Waals surface area contributed by atoms with Crippen LogP contribution in [0.25, 0.3) is 0 Å². The summed E-state index contributed by atoms with van der Waals surface area (Å²) in [5.74, 6) is 5.48. The van der Waals surface area contributed by atoms with Gasteiger partial charge in [0.2, 0.25) is 0 Å². The zero-order valence-electron chi connectivity index (χ0n) is 12.5. The lowest BCUT2D eigenvalue weighted by Crippen LogP contribution is -2.35. The first-order valence-electron chi connectivity index (χ1n) is 7.47. The van der Waals surface area contributed by atoms with Crippen molar-refractivity contribution in [2.75, 3.05) is 25.0 Å². The molecule has 112 valence electrons. The van der Waals surface area contributed by atoms with Gasteiger partial charge in [-0.3, -0.25) is 0 Å². The maximum absolute atomic E-state index is 12.3. The van der Waals surface area contributed by atoms with Gasteiger partial charge in [0, 0.05) is 24.3 Å². The van der Waals surface area contributed by atoms with Crippen molar-refractivity contribution >= 4 is 11.7 Å². The highest BCUT2D eigenvalue weighted by atomic mass is 16.2. The van der Waals surface area contributed by atoms with Crippen molar-refractivity contribution in [1.82, 2.24) is 4.90 Å². The molecule has 1 aliphatic heterocycles. The molecule has 21 heavy (non-hydrogen) atoms. The van der Waals surface area contributed by atoms with Gasteiger partial charge in [-0.2, -0.15) is 0 Å². The zero-order valence-corrected chi connectivity index (χ0v) is 12.5. The first-order valence-corrected chi connectivity index (χ1v) is 7.47. The molecule has 1 heterocycles. The minimum Gasteiger partial charge on any atom is -0.384 e. The van der Waals surface area contributed by atoms with Crippen molar-refractivity contribution in [2.24, 2.45) is 0 Å². The molecule has 0 bridgehead atoms. The minimum absolute atomic E-state index is 0.0349. The van der Waals surface area contributed by atoms with E-state index in [1.807, 2.05) is 30.0 Å². The van der Waals surface area contributed by atoms with Crippen LogP contribution in [0.5, 0.6) is 0 Å². The molecule has 4 heteroatoms. The second-order valence-corrected chi connectivity index (χ2v) is 5.32. The van der Waals surface area contributed by atoms with E-state index in [2.05, 4.69) is 17.2 Å². The van der Waals surface area contributed by atoms with Crippen molar-refractivity contribution in [3.05, 3.63) is 29.3 Å². The predicted molar refractivity (Wildman–Crippen MR) is 84.2 cm³/mol. The molecule has 1 aromatic carbocycles. The molecule has 0 aromatic heterocycles. The number of nitrogens with one attached hydrogen (secondary N) is 1. The van der Waals surface area contributed by atoms with Gasteiger partial charge in [-0.25, -0.2) is 4.79 Å². The zero-order chi connectivity index (χ0) is 15.1. The Bertz CT molecular complexity index is 550. The smallest absolute Gasteiger partial charge is 0.321 e. The van der Waals surface area contributed by atoms with Gasteiger partial charge in [-0.05, 0) is 37.5 Å². The first-order chi connectivity index (χ1) is 10.2. The highest BCUT2D eigenvalue weighted by molar-refractivity contribution is 5.90. The van der Waals surface area contributed by atoms with E-state index >= 15 is 0 Å². The Labute approximate surface area is 126 Å². The Morgan fingerprint density at radius 2 is 2.00 bits per heavy atom. The van der Waals surface area contributed by atoms with Crippen LogP contribution in [0.15, 0.2) is 18.2 Å². The number of amides is 2. The summed E-state index contributed by atoms with van der Waals surface area (Å²) in [6, 6.07) is 5.64. The summed E-state index contributed by atoms with van der Waals surface area (Å²) < 4.78 is 0. The summed E-state index contributed by atoms with van der Waals surface area (Å²) in [6.45, 7) is 3.45. The Balaban J connectivity index is 2.08. The highest BCUT2D eigenvalue weighted by Crippen LogP contribution is 2.18. The molecule has 2 rings (SSSR count). The van der Waals surface area contributed by atoms with Gasteiger partial charge in [0.25, 0.3) is 0 Å². The van der Waals surface area contributed by atoms with Crippen molar-refractivity contribution < 1.29 is 9.90 Å². The van der Waals surface area contributed by atoms with Gasteiger partial charge in [0.05, 0.1) is 0 Å². The average Bonchev–Trinajstić information content (AvgIpc) is 2.77. The lowest BCUT2D eigenvalue weighted by atomic mass is 10.1. The number of hydrogen-bond acceptors (Lipinski definition) is 2. The number of anilines is 1. The predicted octanol–water partition coefficient (Wildman–Crippen LogP) is 2.75. The third kappa shape index (κ3) is 4.51. The van der Waals surface area contributed by atoms with Crippen LogP contribution in [0.4, 0.5) is 10.5 Å². The molecule has 0 radical (unpaired) electrons. The van der Waals surface area contributed by atoms with E-state index in [-0.39, 0.29) is 12.6 Å². The average molecular weight is 286 g/mol. The molecule has 2 N–H and O–H groups in total. The molecule has 0 spiro atoms. The fourth-order valence-electron chi connectivity index (χ4n) is 2.44. The third-order valence-corrected chi connectivity index (χ3v) is 3.68. The number of nitrogens with zero attached hydrogens (tertiary/aromatic N) is 1. The van der Waals surface area contributed by atoms with Crippen LogP contribution in [0.1, 0.15) is 36.8 Å².